The first-order valence-electron chi connectivity index (χ1n) is 9.53. The third-order valence-electron chi connectivity index (χ3n) is 4.38. The van der Waals surface area contributed by atoms with Gasteiger partial charge in [0, 0.05) is 12.0 Å². The fourth-order valence-electron chi connectivity index (χ4n) is 2.78. The second-order valence-electron chi connectivity index (χ2n) is 7.71. The molecule has 2 aromatic rings. The Morgan fingerprint density at radius 1 is 1.03 bits per heavy atom. The molecule has 1 fully saturated rings. The molecule has 152 valence electrons. The zero-order valence-corrected chi connectivity index (χ0v) is 18.5. The van der Waals surface area contributed by atoms with Gasteiger partial charge in [0.2, 0.25) is 0 Å². The zero-order chi connectivity index (χ0) is 20.9. The Hall–Kier alpha value is -2.31. The van der Waals surface area contributed by atoms with Gasteiger partial charge in [-0.1, -0.05) is 75.1 Å². The van der Waals surface area contributed by atoms with Crippen molar-refractivity contribution in [2.24, 2.45) is 0 Å². The summed E-state index contributed by atoms with van der Waals surface area (Å²) in [5.41, 5.74) is 2.28. The smallest absolute Gasteiger partial charge is 0.263 e. The second kappa shape index (κ2) is 9.46. The molecule has 1 heterocycles. The van der Waals surface area contributed by atoms with Gasteiger partial charge in [0.05, 0.1) is 18.1 Å². The fraction of sp³-hybridized carbons (Fsp3) is 0.304. The molecule has 0 radical (unpaired) electrons. The lowest BCUT2D eigenvalue weighted by Gasteiger charge is -2.19. The Bertz CT molecular complexity index is 914. The van der Waals surface area contributed by atoms with E-state index in [2.05, 4.69) is 38.2 Å². The summed E-state index contributed by atoms with van der Waals surface area (Å²) in [4.78, 5) is 12.4. The quantitative estimate of drug-likeness (QED) is 0.368. The standard InChI is InChI=1S/C23H25NO3S2/c1-23(2,3)17-9-11-18(12-10-17)26-13-6-14-27-19-8-5-4-7-16(19)15-20-21(25)24-22(28)29-20/h4-5,7-12,15H,6,13-14H2,1-3H3,(H,24,25,28). The molecule has 0 saturated carbocycles. The van der Waals surface area contributed by atoms with Gasteiger partial charge in [-0.25, -0.2) is 0 Å². The van der Waals surface area contributed by atoms with Gasteiger partial charge in [0.25, 0.3) is 5.91 Å². The van der Waals surface area contributed by atoms with Gasteiger partial charge < -0.3 is 14.8 Å². The number of amides is 1. The van der Waals surface area contributed by atoms with Crippen LogP contribution in [0.2, 0.25) is 0 Å². The number of ether oxygens (including phenoxy) is 2. The Labute approximate surface area is 181 Å². The monoisotopic (exact) mass is 427 g/mol. The summed E-state index contributed by atoms with van der Waals surface area (Å²) >= 11 is 6.30. The molecule has 0 bridgehead atoms. The fourth-order valence-corrected chi connectivity index (χ4v) is 3.81. The van der Waals surface area contributed by atoms with E-state index < -0.39 is 0 Å². The normalized spacial score (nSPS) is 15.5. The predicted octanol–water partition coefficient (Wildman–Crippen LogP) is 5.32. The van der Waals surface area contributed by atoms with E-state index in [1.807, 2.05) is 42.5 Å². The van der Waals surface area contributed by atoms with E-state index >= 15 is 0 Å². The van der Waals surface area contributed by atoms with Crippen LogP contribution in [0.25, 0.3) is 6.08 Å². The molecule has 1 amide bonds. The molecule has 1 aliphatic heterocycles. The van der Waals surface area contributed by atoms with E-state index in [1.165, 1.54) is 17.3 Å². The molecule has 0 spiro atoms. The Morgan fingerprint density at radius 3 is 2.38 bits per heavy atom. The van der Waals surface area contributed by atoms with E-state index in [4.69, 9.17) is 21.7 Å². The molecule has 3 rings (SSSR count). The largest absolute Gasteiger partial charge is 0.493 e. The number of carbonyl (C=O) groups excluding carboxylic acids is 1. The minimum Gasteiger partial charge on any atom is -0.493 e. The highest BCUT2D eigenvalue weighted by Crippen LogP contribution is 2.29. The van der Waals surface area contributed by atoms with Crippen LogP contribution in [0.5, 0.6) is 11.5 Å². The predicted molar refractivity (Wildman–Crippen MR) is 123 cm³/mol. The molecule has 0 unspecified atom stereocenters. The Kier molecular flexibility index (Phi) is 6.98. The number of thiocarbonyl (C=S) groups is 1. The first-order chi connectivity index (χ1) is 13.8. The molecule has 0 aromatic heterocycles. The van der Waals surface area contributed by atoms with Crippen molar-refractivity contribution in [3.63, 3.8) is 0 Å². The van der Waals surface area contributed by atoms with E-state index in [0.29, 0.717) is 22.4 Å². The van der Waals surface area contributed by atoms with Gasteiger partial charge in [-0.15, -0.1) is 0 Å². The van der Waals surface area contributed by atoms with Gasteiger partial charge in [-0.2, -0.15) is 0 Å². The van der Waals surface area contributed by atoms with Crippen LogP contribution in [0.3, 0.4) is 0 Å². The highest BCUT2D eigenvalue weighted by atomic mass is 32.2. The zero-order valence-electron chi connectivity index (χ0n) is 16.9. The van der Waals surface area contributed by atoms with Crippen LogP contribution in [0, 0.1) is 0 Å². The molecule has 6 heteroatoms. The SMILES string of the molecule is CC(C)(C)c1ccc(OCCCOc2ccccc2C=C2SC(=S)NC2=O)cc1. The average molecular weight is 428 g/mol. The highest BCUT2D eigenvalue weighted by molar-refractivity contribution is 8.26. The first kappa shape index (κ1) is 21.4. The van der Waals surface area contributed by atoms with Crippen LogP contribution in [0.4, 0.5) is 0 Å². The van der Waals surface area contributed by atoms with Crippen molar-refractivity contribution in [3.05, 3.63) is 64.6 Å². The number of carbonyl (C=O) groups is 1. The molecule has 0 atom stereocenters. The third-order valence-corrected chi connectivity index (χ3v) is 5.55. The number of hydrogen-bond acceptors (Lipinski definition) is 5. The summed E-state index contributed by atoms with van der Waals surface area (Å²) in [6.45, 7) is 7.68. The molecule has 4 nitrogen and oxygen atoms in total. The van der Waals surface area contributed by atoms with Crippen LogP contribution in [-0.4, -0.2) is 23.4 Å². The summed E-state index contributed by atoms with van der Waals surface area (Å²) in [6.07, 6.45) is 2.56. The van der Waals surface area contributed by atoms with Gasteiger partial charge in [0.15, 0.2) is 0 Å². The number of hydrogen-bond donors (Lipinski definition) is 1. The van der Waals surface area contributed by atoms with Gasteiger partial charge in [-0.05, 0) is 35.3 Å². The van der Waals surface area contributed by atoms with Crippen LogP contribution >= 0.6 is 24.0 Å². The maximum absolute atomic E-state index is 11.9. The van der Waals surface area contributed by atoms with Crippen molar-refractivity contribution in [1.29, 1.82) is 0 Å². The van der Waals surface area contributed by atoms with Crippen molar-refractivity contribution in [3.8, 4) is 11.5 Å². The van der Waals surface area contributed by atoms with E-state index in [-0.39, 0.29) is 11.3 Å². The molecule has 0 aliphatic carbocycles. The van der Waals surface area contributed by atoms with E-state index in [1.54, 1.807) is 0 Å². The van der Waals surface area contributed by atoms with Gasteiger partial charge in [-0.3, -0.25) is 4.79 Å². The number of thioether (sulfide) groups is 1. The lowest BCUT2D eigenvalue weighted by Crippen LogP contribution is -2.17. The Morgan fingerprint density at radius 2 is 1.72 bits per heavy atom. The van der Waals surface area contributed by atoms with Crippen molar-refractivity contribution >= 4 is 40.3 Å². The maximum Gasteiger partial charge on any atom is 0.263 e. The summed E-state index contributed by atoms with van der Waals surface area (Å²) in [5, 5.41) is 2.62. The number of benzene rings is 2. The summed E-state index contributed by atoms with van der Waals surface area (Å²) in [7, 11) is 0. The van der Waals surface area contributed by atoms with Gasteiger partial charge >= 0.3 is 0 Å². The molecule has 1 saturated heterocycles. The molecule has 1 N–H and O–H groups in total. The second-order valence-corrected chi connectivity index (χ2v) is 9.43. The molecular formula is C23H25NO3S2. The summed E-state index contributed by atoms with van der Waals surface area (Å²) < 4.78 is 12.2. The number of rotatable bonds is 7. The van der Waals surface area contributed by atoms with Crippen LogP contribution < -0.4 is 14.8 Å². The maximum atomic E-state index is 11.9. The van der Waals surface area contributed by atoms with E-state index in [0.717, 1.165) is 23.5 Å². The molecule has 1 aliphatic rings. The first-order valence-corrected chi connectivity index (χ1v) is 10.8. The van der Waals surface area contributed by atoms with E-state index in [9.17, 15) is 4.79 Å². The van der Waals surface area contributed by atoms with Crippen LogP contribution in [-0.2, 0) is 10.2 Å². The lowest BCUT2D eigenvalue weighted by atomic mass is 9.87. The van der Waals surface area contributed by atoms with Crippen molar-refractivity contribution in [2.45, 2.75) is 32.6 Å². The topological polar surface area (TPSA) is 47.6 Å². The minimum absolute atomic E-state index is 0.137. The lowest BCUT2D eigenvalue weighted by molar-refractivity contribution is -0.115. The minimum atomic E-state index is -0.166. The van der Waals surface area contributed by atoms with Crippen molar-refractivity contribution in [2.75, 3.05) is 13.2 Å². The van der Waals surface area contributed by atoms with Gasteiger partial charge in [0.1, 0.15) is 15.8 Å². The summed E-state index contributed by atoms with van der Waals surface area (Å²) in [5.74, 6) is 1.44. The molecular weight excluding hydrogens is 402 g/mol. The molecule has 29 heavy (non-hydrogen) atoms. The van der Waals surface area contributed by atoms with Crippen molar-refractivity contribution in [1.82, 2.24) is 5.32 Å². The summed E-state index contributed by atoms with van der Waals surface area (Å²) in [6, 6.07) is 15.9. The Balaban J connectivity index is 1.49. The highest BCUT2D eigenvalue weighted by Gasteiger charge is 2.22. The number of nitrogens with one attached hydrogen (secondary N) is 1. The van der Waals surface area contributed by atoms with Crippen LogP contribution in [0.15, 0.2) is 53.4 Å². The van der Waals surface area contributed by atoms with Crippen molar-refractivity contribution < 1.29 is 14.3 Å². The average Bonchev–Trinajstić information content (AvgIpc) is 2.99. The van der Waals surface area contributed by atoms with Crippen LogP contribution in [0.1, 0.15) is 38.3 Å². The molecule has 2 aromatic carbocycles. The third kappa shape index (κ3) is 6.08. The number of para-hydroxylation sites is 1.